The van der Waals surface area contributed by atoms with E-state index in [1.165, 1.54) is 31.6 Å². The molecule has 0 aliphatic rings. The maximum Gasteiger partial charge on any atom is 0.191 e. The number of aryl methyl sites for hydroxylation is 1. The topological polar surface area (TPSA) is 97.7 Å². The van der Waals surface area contributed by atoms with Gasteiger partial charge in [-0.2, -0.15) is 5.26 Å². The molecular formula is C18H13F2N5O. The molecule has 0 spiro atoms. The second-order valence-electron chi connectivity index (χ2n) is 5.39. The number of nitrogens with two attached hydrogens (primary N) is 1. The summed E-state index contributed by atoms with van der Waals surface area (Å²) in [5, 5.41) is 9.40. The van der Waals surface area contributed by atoms with E-state index in [-0.39, 0.29) is 22.6 Å². The highest BCUT2D eigenvalue weighted by molar-refractivity contribution is 5.80. The molecule has 0 saturated heterocycles. The Labute approximate surface area is 147 Å². The number of methoxy groups -OCH3 is 1. The lowest BCUT2D eigenvalue weighted by atomic mass is 10.00. The minimum Gasteiger partial charge on any atom is -0.491 e. The summed E-state index contributed by atoms with van der Waals surface area (Å²) in [6, 6.07) is 5.77. The normalized spacial score (nSPS) is 10.4. The molecule has 0 unspecified atom stereocenters. The molecule has 130 valence electrons. The molecule has 3 rings (SSSR count). The van der Waals surface area contributed by atoms with Gasteiger partial charge in [0.15, 0.2) is 17.4 Å². The summed E-state index contributed by atoms with van der Waals surface area (Å²) in [5.74, 6) is -1.78. The second kappa shape index (κ2) is 6.72. The first-order valence-electron chi connectivity index (χ1n) is 7.48. The zero-order valence-corrected chi connectivity index (χ0v) is 13.9. The second-order valence-corrected chi connectivity index (χ2v) is 5.39. The molecule has 0 amide bonds. The molecule has 0 fully saturated rings. The van der Waals surface area contributed by atoms with Crippen LogP contribution in [0.4, 0.5) is 14.6 Å². The van der Waals surface area contributed by atoms with Gasteiger partial charge >= 0.3 is 0 Å². The third-order valence-corrected chi connectivity index (χ3v) is 3.78. The highest BCUT2D eigenvalue weighted by Gasteiger charge is 2.20. The lowest BCUT2D eigenvalue weighted by molar-refractivity contribution is 0.360. The van der Waals surface area contributed by atoms with E-state index in [9.17, 15) is 14.0 Å². The molecule has 3 aromatic rings. The number of hydrogen-bond donors (Lipinski definition) is 1. The quantitative estimate of drug-likeness (QED) is 0.776. The Morgan fingerprint density at radius 2 is 1.85 bits per heavy atom. The number of nitrogens with zero attached hydrogens (tertiary/aromatic N) is 4. The van der Waals surface area contributed by atoms with E-state index in [4.69, 9.17) is 10.5 Å². The zero-order valence-electron chi connectivity index (χ0n) is 13.9. The van der Waals surface area contributed by atoms with Gasteiger partial charge in [0, 0.05) is 29.1 Å². The van der Waals surface area contributed by atoms with Crippen LogP contribution in [-0.2, 0) is 0 Å². The van der Waals surface area contributed by atoms with E-state index < -0.39 is 17.4 Å². The van der Waals surface area contributed by atoms with Crippen molar-refractivity contribution in [3.63, 3.8) is 0 Å². The van der Waals surface area contributed by atoms with Crippen molar-refractivity contribution in [3.8, 4) is 34.2 Å². The van der Waals surface area contributed by atoms with Crippen LogP contribution in [0.2, 0.25) is 0 Å². The number of halogens is 2. The number of aromatic nitrogens is 3. The van der Waals surface area contributed by atoms with Crippen molar-refractivity contribution >= 4 is 5.82 Å². The van der Waals surface area contributed by atoms with Gasteiger partial charge < -0.3 is 10.5 Å². The van der Waals surface area contributed by atoms with Crippen molar-refractivity contribution in [2.75, 3.05) is 12.8 Å². The molecule has 2 aromatic heterocycles. The molecular weight excluding hydrogens is 340 g/mol. The van der Waals surface area contributed by atoms with E-state index >= 15 is 0 Å². The van der Waals surface area contributed by atoms with Gasteiger partial charge in [-0.25, -0.2) is 23.7 Å². The van der Waals surface area contributed by atoms with Gasteiger partial charge in [-0.1, -0.05) is 0 Å². The first-order valence-corrected chi connectivity index (χ1v) is 7.48. The minimum absolute atomic E-state index is 0.00581. The predicted molar refractivity (Wildman–Crippen MR) is 91.0 cm³/mol. The first kappa shape index (κ1) is 17.2. The minimum atomic E-state index is -0.907. The number of pyridine rings is 1. The van der Waals surface area contributed by atoms with Gasteiger partial charge in [-0.3, -0.25) is 0 Å². The maximum atomic E-state index is 14.6. The zero-order chi connectivity index (χ0) is 18.8. The standard InChI is InChI=1S/C18H13F2N5O/c1-9-23-7-10(8-24-9)12-5-15(25-18(22)13(12)6-21)11-3-4-14(19)17(26-2)16(11)20/h3-5,7-8H,1-2H3,(H2,22,25). The van der Waals surface area contributed by atoms with Gasteiger partial charge in [0.1, 0.15) is 23.3 Å². The smallest absolute Gasteiger partial charge is 0.191 e. The average molecular weight is 353 g/mol. The van der Waals surface area contributed by atoms with E-state index in [1.54, 1.807) is 6.92 Å². The van der Waals surface area contributed by atoms with Crippen molar-refractivity contribution in [3.05, 3.63) is 53.6 Å². The van der Waals surface area contributed by atoms with Gasteiger partial charge in [0.2, 0.25) is 0 Å². The summed E-state index contributed by atoms with van der Waals surface area (Å²) in [4.78, 5) is 12.3. The van der Waals surface area contributed by atoms with Crippen molar-refractivity contribution in [1.82, 2.24) is 15.0 Å². The highest BCUT2D eigenvalue weighted by atomic mass is 19.1. The molecule has 0 saturated carbocycles. The number of hydrogen-bond acceptors (Lipinski definition) is 6. The van der Waals surface area contributed by atoms with Crippen molar-refractivity contribution in [2.45, 2.75) is 6.92 Å². The Morgan fingerprint density at radius 3 is 2.46 bits per heavy atom. The average Bonchev–Trinajstić information content (AvgIpc) is 2.62. The van der Waals surface area contributed by atoms with E-state index in [0.29, 0.717) is 17.0 Å². The van der Waals surface area contributed by atoms with Crippen LogP contribution in [0.3, 0.4) is 0 Å². The molecule has 0 bridgehead atoms. The Bertz CT molecular complexity index is 1030. The molecule has 26 heavy (non-hydrogen) atoms. The van der Waals surface area contributed by atoms with Crippen LogP contribution in [0.25, 0.3) is 22.4 Å². The molecule has 1 aromatic carbocycles. The largest absolute Gasteiger partial charge is 0.491 e. The molecule has 2 heterocycles. The number of anilines is 1. The Kier molecular flexibility index (Phi) is 4.45. The van der Waals surface area contributed by atoms with Gasteiger partial charge in [-0.05, 0) is 25.1 Å². The molecule has 0 atom stereocenters. The lowest BCUT2D eigenvalue weighted by Crippen LogP contribution is -2.02. The van der Waals surface area contributed by atoms with Crippen LogP contribution in [0.15, 0.2) is 30.6 Å². The van der Waals surface area contributed by atoms with Gasteiger partial charge in [0.05, 0.1) is 12.8 Å². The summed E-state index contributed by atoms with van der Waals surface area (Å²) in [7, 11) is 1.17. The van der Waals surface area contributed by atoms with Crippen LogP contribution in [-0.4, -0.2) is 22.1 Å². The molecule has 8 heteroatoms. The number of nitrogen functional groups attached to an aromatic ring is 1. The Hall–Kier alpha value is -3.60. The van der Waals surface area contributed by atoms with Crippen LogP contribution in [0, 0.1) is 29.9 Å². The molecule has 0 radical (unpaired) electrons. The lowest BCUT2D eigenvalue weighted by Gasteiger charge is -2.12. The van der Waals surface area contributed by atoms with Crippen LogP contribution in [0.5, 0.6) is 5.75 Å². The fourth-order valence-corrected chi connectivity index (χ4v) is 2.50. The summed E-state index contributed by atoms with van der Waals surface area (Å²) in [6.07, 6.45) is 3.06. The SMILES string of the molecule is COc1c(F)ccc(-c2cc(-c3cnc(C)nc3)c(C#N)c(N)n2)c1F. The number of benzene rings is 1. The van der Waals surface area contributed by atoms with Crippen molar-refractivity contribution in [2.24, 2.45) is 0 Å². The summed E-state index contributed by atoms with van der Waals surface area (Å²) < 4.78 is 33.0. The maximum absolute atomic E-state index is 14.6. The fourth-order valence-electron chi connectivity index (χ4n) is 2.50. The van der Waals surface area contributed by atoms with Gasteiger partial charge in [-0.15, -0.1) is 0 Å². The number of ether oxygens (including phenoxy) is 1. The van der Waals surface area contributed by atoms with Crippen LogP contribution < -0.4 is 10.5 Å². The Balaban J connectivity index is 2.26. The molecule has 6 nitrogen and oxygen atoms in total. The van der Waals surface area contributed by atoms with Crippen LogP contribution in [0.1, 0.15) is 11.4 Å². The van der Waals surface area contributed by atoms with Crippen LogP contribution >= 0.6 is 0 Å². The highest BCUT2D eigenvalue weighted by Crippen LogP contribution is 2.34. The Morgan fingerprint density at radius 1 is 1.15 bits per heavy atom. The van der Waals surface area contributed by atoms with Crippen molar-refractivity contribution < 1.29 is 13.5 Å². The molecule has 2 N–H and O–H groups in total. The number of nitriles is 1. The molecule has 0 aliphatic heterocycles. The third-order valence-electron chi connectivity index (χ3n) is 3.78. The van der Waals surface area contributed by atoms with Crippen molar-refractivity contribution in [1.29, 1.82) is 5.26 Å². The molecule has 0 aliphatic carbocycles. The van der Waals surface area contributed by atoms with E-state index in [0.717, 1.165) is 6.07 Å². The monoisotopic (exact) mass is 353 g/mol. The fraction of sp³-hybridized carbons (Fsp3) is 0.111. The third kappa shape index (κ3) is 2.91. The van der Waals surface area contributed by atoms with E-state index in [2.05, 4.69) is 15.0 Å². The number of rotatable bonds is 3. The van der Waals surface area contributed by atoms with E-state index in [1.807, 2.05) is 6.07 Å². The predicted octanol–water partition coefficient (Wildman–Crippen LogP) is 3.25. The first-order chi connectivity index (χ1) is 12.5. The van der Waals surface area contributed by atoms with Gasteiger partial charge in [0.25, 0.3) is 0 Å². The summed E-state index contributed by atoms with van der Waals surface area (Å²) in [5.41, 5.74) is 7.06. The summed E-state index contributed by atoms with van der Waals surface area (Å²) >= 11 is 0. The summed E-state index contributed by atoms with van der Waals surface area (Å²) in [6.45, 7) is 1.72.